The Morgan fingerprint density at radius 2 is 2.12 bits per heavy atom. The third-order valence-corrected chi connectivity index (χ3v) is 6.46. The third-order valence-electron chi connectivity index (χ3n) is 3.20. The van der Waals surface area contributed by atoms with Crippen molar-refractivity contribution in [2.24, 2.45) is 0 Å². The van der Waals surface area contributed by atoms with Gasteiger partial charge in [0.25, 0.3) is 0 Å². The van der Waals surface area contributed by atoms with Crippen molar-refractivity contribution in [3.8, 4) is 0 Å². The molecule has 0 aliphatic carbocycles. The molecule has 2 heterocycles. The van der Waals surface area contributed by atoms with Crippen LogP contribution < -0.4 is 5.32 Å². The molecule has 17 heavy (non-hydrogen) atoms. The van der Waals surface area contributed by atoms with Crippen molar-refractivity contribution in [1.82, 2.24) is 10.2 Å². The van der Waals surface area contributed by atoms with Gasteiger partial charge in [-0.2, -0.15) is 0 Å². The molecular formula is C12H18Br2N2S. The Kier molecular flexibility index (Phi) is 5.49. The van der Waals surface area contributed by atoms with Crippen LogP contribution in [0.25, 0.3) is 0 Å². The maximum atomic E-state index is 3.55. The monoisotopic (exact) mass is 380 g/mol. The molecule has 0 bridgehead atoms. The molecule has 1 unspecified atom stereocenters. The van der Waals surface area contributed by atoms with E-state index in [0.717, 1.165) is 17.6 Å². The molecule has 0 amide bonds. The minimum Gasteiger partial charge on any atom is -0.310 e. The molecule has 96 valence electrons. The molecule has 1 aliphatic heterocycles. The molecule has 0 spiro atoms. The van der Waals surface area contributed by atoms with Gasteiger partial charge >= 0.3 is 0 Å². The predicted molar refractivity (Wildman–Crippen MR) is 81.7 cm³/mol. The second kappa shape index (κ2) is 6.66. The summed E-state index contributed by atoms with van der Waals surface area (Å²) < 4.78 is 2.34. The van der Waals surface area contributed by atoms with Crippen molar-refractivity contribution in [2.75, 3.05) is 19.6 Å². The lowest BCUT2D eigenvalue weighted by molar-refractivity contribution is 0.252. The fourth-order valence-electron chi connectivity index (χ4n) is 2.19. The molecule has 1 aliphatic rings. The molecule has 1 aromatic heterocycles. The number of hydrogen-bond acceptors (Lipinski definition) is 3. The Bertz CT molecular complexity index is 342. The zero-order valence-corrected chi connectivity index (χ0v) is 14.0. The first-order chi connectivity index (χ1) is 8.16. The molecule has 1 fully saturated rings. The van der Waals surface area contributed by atoms with E-state index in [1.165, 1.54) is 34.6 Å². The number of rotatable bonds is 5. The van der Waals surface area contributed by atoms with E-state index >= 15 is 0 Å². The molecule has 1 atom stereocenters. The summed E-state index contributed by atoms with van der Waals surface area (Å²) in [5.74, 6) is 0. The number of thiophene rings is 1. The normalized spacial score (nSPS) is 18.8. The van der Waals surface area contributed by atoms with Crippen LogP contribution in [0.15, 0.2) is 14.3 Å². The second-order valence-corrected chi connectivity index (χ2v) is 7.87. The van der Waals surface area contributed by atoms with Crippen LogP contribution in [0.1, 0.15) is 24.6 Å². The minimum atomic E-state index is 0.657. The fraction of sp³-hybridized carbons (Fsp3) is 0.667. The number of hydrogen-bond donors (Lipinski definition) is 1. The Labute approximate surface area is 124 Å². The summed E-state index contributed by atoms with van der Waals surface area (Å²) in [6, 6.07) is 2.84. The molecule has 0 saturated carbocycles. The van der Waals surface area contributed by atoms with E-state index in [-0.39, 0.29) is 0 Å². The van der Waals surface area contributed by atoms with Crippen molar-refractivity contribution >= 4 is 43.2 Å². The molecule has 1 saturated heterocycles. The SMILES string of the molecule is CC(CNCc1cc(Br)c(Br)s1)N1CCCC1. The van der Waals surface area contributed by atoms with Crippen LogP contribution in [-0.2, 0) is 6.54 Å². The van der Waals surface area contributed by atoms with Gasteiger partial charge < -0.3 is 5.32 Å². The van der Waals surface area contributed by atoms with E-state index in [0.29, 0.717) is 6.04 Å². The van der Waals surface area contributed by atoms with Gasteiger partial charge in [-0.05, 0) is 70.8 Å². The van der Waals surface area contributed by atoms with Gasteiger partial charge in [0.05, 0.1) is 3.79 Å². The van der Waals surface area contributed by atoms with E-state index in [1.54, 1.807) is 11.3 Å². The predicted octanol–water partition coefficient (Wildman–Crippen LogP) is 3.85. The second-order valence-electron chi connectivity index (χ2n) is 4.56. The molecule has 1 N–H and O–H groups in total. The van der Waals surface area contributed by atoms with Gasteiger partial charge in [-0.3, -0.25) is 4.90 Å². The van der Waals surface area contributed by atoms with Gasteiger partial charge in [-0.15, -0.1) is 11.3 Å². The number of halogens is 2. The van der Waals surface area contributed by atoms with Crippen molar-refractivity contribution in [1.29, 1.82) is 0 Å². The average molecular weight is 382 g/mol. The number of nitrogens with zero attached hydrogens (tertiary/aromatic N) is 1. The van der Waals surface area contributed by atoms with Gasteiger partial charge in [0, 0.05) is 28.5 Å². The van der Waals surface area contributed by atoms with Gasteiger partial charge in [-0.25, -0.2) is 0 Å². The van der Waals surface area contributed by atoms with Crippen LogP contribution in [-0.4, -0.2) is 30.6 Å². The van der Waals surface area contributed by atoms with Crippen LogP contribution in [0.2, 0.25) is 0 Å². The van der Waals surface area contributed by atoms with Crippen molar-refractivity contribution < 1.29 is 0 Å². The van der Waals surface area contributed by atoms with Gasteiger partial charge in [0.15, 0.2) is 0 Å². The summed E-state index contributed by atoms with van der Waals surface area (Å²) in [5.41, 5.74) is 0. The first kappa shape index (κ1) is 14.0. The highest BCUT2D eigenvalue weighted by Crippen LogP contribution is 2.32. The highest BCUT2D eigenvalue weighted by Gasteiger charge is 2.17. The molecule has 5 heteroatoms. The first-order valence-corrected chi connectivity index (χ1v) is 8.45. The van der Waals surface area contributed by atoms with E-state index in [1.807, 2.05) is 0 Å². The van der Waals surface area contributed by atoms with E-state index in [4.69, 9.17) is 0 Å². The summed E-state index contributed by atoms with van der Waals surface area (Å²) in [6.07, 6.45) is 2.74. The van der Waals surface area contributed by atoms with Crippen molar-refractivity contribution in [3.05, 3.63) is 19.2 Å². The smallest absolute Gasteiger partial charge is 0.0843 e. The van der Waals surface area contributed by atoms with Crippen molar-refractivity contribution in [2.45, 2.75) is 32.4 Å². The fourth-order valence-corrected chi connectivity index (χ4v) is 4.34. The Morgan fingerprint density at radius 3 is 2.71 bits per heavy atom. The quantitative estimate of drug-likeness (QED) is 0.833. The topological polar surface area (TPSA) is 15.3 Å². The highest BCUT2D eigenvalue weighted by atomic mass is 79.9. The lowest BCUT2D eigenvalue weighted by Gasteiger charge is -2.23. The largest absolute Gasteiger partial charge is 0.310 e. The summed E-state index contributed by atoms with van der Waals surface area (Å²) >= 11 is 8.84. The number of nitrogens with one attached hydrogen (secondary N) is 1. The molecular weight excluding hydrogens is 364 g/mol. The zero-order chi connectivity index (χ0) is 12.3. The summed E-state index contributed by atoms with van der Waals surface area (Å²) in [6.45, 7) is 6.91. The average Bonchev–Trinajstić information content (AvgIpc) is 2.90. The molecule has 0 aromatic carbocycles. The number of likely N-dealkylation sites (tertiary alicyclic amines) is 1. The third kappa shape index (κ3) is 4.03. The van der Waals surface area contributed by atoms with Crippen LogP contribution in [0.3, 0.4) is 0 Å². The molecule has 0 radical (unpaired) electrons. The highest BCUT2D eigenvalue weighted by molar-refractivity contribution is 9.13. The van der Waals surface area contributed by atoms with Crippen LogP contribution in [0.4, 0.5) is 0 Å². The van der Waals surface area contributed by atoms with Gasteiger partial charge in [0.1, 0.15) is 0 Å². The van der Waals surface area contributed by atoms with Crippen LogP contribution in [0.5, 0.6) is 0 Å². The Hall–Kier alpha value is 0.580. The molecule has 2 rings (SSSR count). The standard InChI is InChI=1S/C12H18Br2N2S/c1-9(16-4-2-3-5-16)7-15-8-10-6-11(13)12(14)17-10/h6,9,15H,2-5,7-8H2,1H3. The Morgan fingerprint density at radius 1 is 1.41 bits per heavy atom. The van der Waals surface area contributed by atoms with E-state index in [9.17, 15) is 0 Å². The molecule has 2 nitrogen and oxygen atoms in total. The summed E-state index contributed by atoms with van der Waals surface area (Å²) in [5, 5.41) is 3.55. The minimum absolute atomic E-state index is 0.657. The lowest BCUT2D eigenvalue weighted by Crippen LogP contribution is -2.38. The van der Waals surface area contributed by atoms with Gasteiger partial charge in [-0.1, -0.05) is 0 Å². The van der Waals surface area contributed by atoms with Crippen LogP contribution in [0, 0.1) is 0 Å². The van der Waals surface area contributed by atoms with E-state index < -0.39 is 0 Å². The van der Waals surface area contributed by atoms with Gasteiger partial charge in [0.2, 0.25) is 0 Å². The summed E-state index contributed by atoms with van der Waals surface area (Å²) in [7, 11) is 0. The summed E-state index contributed by atoms with van der Waals surface area (Å²) in [4.78, 5) is 3.95. The molecule has 1 aromatic rings. The maximum Gasteiger partial charge on any atom is 0.0843 e. The van der Waals surface area contributed by atoms with Crippen LogP contribution >= 0.6 is 43.2 Å². The lowest BCUT2D eigenvalue weighted by atomic mass is 10.3. The van der Waals surface area contributed by atoms with Crippen molar-refractivity contribution in [3.63, 3.8) is 0 Å². The Balaban J connectivity index is 1.71. The van der Waals surface area contributed by atoms with E-state index in [2.05, 4.69) is 55.1 Å². The first-order valence-electron chi connectivity index (χ1n) is 6.05. The zero-order valence-electron chi connectivity index (χ0n) is 10.0. The maximum absolute atomic E-state index is 3.55.